The van der Waals surface area contributed by atoms with Gasteiger partial charge in [-0.3, -0.25) is 0 Å². The van der Waals surface area contributed by atoms with Gasteiger partial charge in [-0.15, -0.1) is 17.5 Å². The van der Waals surface area contributed by atoms with Gasteiger partial charge in [0.25, 0.3) is 0 Å². The molecule has 0 aromatic rings. The zero-order valence-corrected chi connectivity index (χ0v) is 14.3. The smallest absolute Gasteiger partial charge is 0.120 e. The number of rotatable bonds is 12. The summed E-state index contributed by atoms with van der Waals surface area (Å²) in [6, 6.07) is 0. The van der Waals surface area contributed by atoms with Gasteiger partial charge in [-0.1, -0.05) is 6.58 Å². The molecule has 0 aromatic carbocycles. The Hall–Kier alpha value is -1.35. The summed E-state index contributed by atoms with van der Waals surface area (Å²) in [5.74, 6) is 1.71. The fraction of sp³-hybridized carbons (Fsp3) is 0.471. The maximum atomic E-state index is 5.78. The van der Waals surface area contributed by atoms with E-state index in [1.54, 1.807) is 11.8 Å². The van der Waals surface area contributed by atoms with Crippen molar-refractivity contribution in [1.82, 2.24) is 10.6 Å². The minimum Gasteiger partial charge on any atom is -0.494 e. The Labute approximate surface area is 133 Å². The average molecular weight is 308 g/mol. The maximum absolute atomic E-state index is 5.78. The summed E-state index contributed by atoms with van der Waals surface area (Å²) in [4.78, 5) is 0. The molecule has 0 amide bonds. The molecule has 21 heavy (non-hydrogen) atoms. The average Bonchev–Trinajstić information content (AvgIpc) is 2.50. The summed E-state index contributed by atoms with van der Waals surface area (Å²) in [6.07, 6.45) is 9.82. The lowest BCUT2D eigenvalue weighted by atomic mass is 10.3. The molecular formula is C17H28N2OS. The molecule has 0 rings (SSSR count). The van der Waals surface area contributed by atoms with Crippen LogP contribution in [0.5, 0.6) is 0 Å². The molecule has 0 aliphatic rings. The lowest BCUT2D eigenvalue weighted by molar-refractivity contribution is 0.218. The maximum Gasteiger partial charge on any atom is 0.120 e. The highest BCUT2D eigenvalue weighted by molar-refractivity contribution is 8.02. The molecule has 0 spiro atoms. The predicted octanol–water partition coefficient (Wildman–Crippen LogP) is 3.60. The molecule has 0 atom stereocenters. The Kier molecular flexibility index (Phi) is 14.1. The Bertz CT molecular complexity index is 394. The van der Waals surface area contributed by atoms with Crippen molar-refractivity contribution >= 4 is 11.8 Å². The molecule has 0 saturated heterocycles. The summed E-state index contributed by atoms with van der Waals surface area (Å²) < 4.78 is 5.78. The number of nitrogens with one attached hydrogen (secondary N) is 2. The summed E-state index contributed by atoms with van der Waals surface area (Å²) in [5, 5.41) is 8.19. The topological polar surface area (TPSA) is 33.3 Å². The molecule has 118 valence electrons. The zero-order valence-electron chi connectivity index (χ0n) is 13.4. The van der Waals surface area contributed by atoms with Crippen LogP contribution in [0, 0.1) is 0 Å². The van der Waals surface area contributed by atoms with E-state index >= 15 is 0 Å². The van der Waals surface area contributed by atoms with Gasteiger partial charge in [-0.05, 0) is 63.1 Å². The van der Waals surface area contributed by atoms with Crippen LogP contribution in [0.15, 0.2) is 53.5 Å². The molecule has 3 nitrogen and oxygen atoms in total. The van der Waals surface area contributed by atoms with Gasteiger partial charge >= 0.3 is 0 Å². The molecule has 0 unspecified atom stereocenters. The molecular weight excluding hydrogens is 280 g/mol. The third-order valence-electron chi connectivity index (χ3n) is 2.54. The second kappa shape index (κ2) is 15.0. The van der Waals surface area contributed by atoms with Gasteiger partial charge in [0.05, 0.1) is 6.61 Å². The fourth-order valence-corrected chi connectivity index (χ4v) is 1.98. The highest BCUT2D eigenvalue weighted by Crippen LogP contribution is 2.10. The van der Waals surface area contributed by atoms with Crippen LogP contribution in [-0.4, -0.2) is 33.0 Å². The first-order chi connectivity index (χ1) is 10.2. The summed E-state index contributed by atoms with van der Waals surface area (Å²) in [7, 11) is 3.85. The number of thioether (sulfide) groups is 1. The van der Waals surface area contributed by atoms with Crippen molar-refractivity contribution in [3.63, 3.8) is 0 Å². The Morgan fingerprint density at radius 2 is 2.14 bits per heavy atom. The van der Waals surface area contributed by atoms with Crippen molar-refractivity contribution in [3.8, 4) is 0 Å². The van der Waals surface area contributed by atoms with Crippen LogP contribution in [0.25, 0.3) is 0 Å². The minimum atomic E-state index is 0.732. The van der Waals surface area contributed by atoms with E-state index in [0.29, 0.717) is 0 Å². The van der Waals surface area contributed by atoms with Gasteiger partial charge in [-0.25, -0.2) is 0 Å². The third-order valence-corrected chi connectivity index (χ3v) is 3.38. The van der Waals surface area contributed by atoms with E-state index in [1.807, 2.05) is 50.7 Å². The second-order valence-corrected chi connectivity index (χ2v) is 5.21. The highest BCUT2D eigenvalue weighted by atomic mass is 32.2. The minimum absolute atomic E-state index is 0.732. The van der Waals surface area contributed by atoms with Crippen LogP contribution in [-0.2, 0) is 4.74 Å². The molecule has 0 aliphatic carbocycles. The molecule has 0 heterocycles. The first-order valence-corrected chi connectivity index (χ1v) is 8.28. The monoisotopic (exact) mass is 308 g/mol. The van der Waals surface area contributed by atoms with Gasteiger partial charge < -0.3 is 15.4 Å². The van der Waals surface area contributed by atoms with Crippen LogP contribution in [0.2, 0.25) is 0 Å². The van der Waals surface area contributed by atoms with Crippen LogP contribution < -0.4 is 10.6 Å². The molecule has 2 N–H and O–H groups in total. The largest absolute Gasteiger partial charge is 0.494 e. The van der Waals surface area contributed by atoms with Crippen LogP contribution in [0.3, 0.4) is 0 Å². The Morgan fingerprint density at radius 3 is 2.81 bits per heavy atom. The van der Waals surface area contributed by atoms with Gasteiger partial charge in [0.1, 0.15) is 5.76 Å². The lowest BCUT2D eigenvalue weighted by Gasteiger charge is -2.06. The quantitative estimate of drug-likeness (QED) is 0.250. The first-order valence-electron chi connectivity index (χ1n) is 7.23. The molecule has 0 bridgehead atoms. The Morgan fingerprint density at radius 1 is 1.33 bits per heavy atom. The van der Waals surface area contributed by atoms with E-state index in [-0.39, 0.29) is 0 Å². The SMILES string of the molecule is C=C(CS/C=C/C(=C\C=C=CC)OCCCCNC)NC. The van der Waals surface area contributed by atoms with Crippen molar-refractivity contribution in [1.29, 1.82) is 0 Å². The van der Waals surface area contributed by atoms with E-state index in [9.17, 15) is 0 Å². The van der Waals surface area contributed by atoms with Crippen molar-refractivity contribution in [3.05, 3.63) is 53.5 Å². The Balaban J connectivity index is 4.26. The van der Waals surface area contributed by atoms with Crippen molar-refractivity contribution in [2.75, 3.05) is 33.0 Å². The normalized spacial score (nSPS) is 11.1. The molecule has 0 aliphatic heterocycles. The third kappa shape index (κ3) is 13.4. The zero-order chi connectivity index (χ0) is 15.8. The van der Waals surface area contributed by atoms with Gasteiger partial charge in [-0.2, -0.15) is 0 Å². The van der Waals surface area contributed by atoms with Crippen molar-refractivity contribution in [2.24, 2.45) is 0 Å². The van der Waals surface area contributed by atoms with Gasteiger partial charge in [0.2, 0.25) is 0 Å². The van der Waals surface area contributed by atoms with E-state index in [2.05, 4.69) is 22.9 Å². The summed E-state index contributed by atoms with van der Waals surface area (Å²) in [5.41, 5.74) is 4.04. The van der Waals surface area contributed by atoms with Crippen LogP contribution in [0.4, 0.5) is 0 Å². The van der Waals surface area contributed by atoms with E-state index in [4.69, 9.17) is 4.74 Å². The van der Waals surface area contributed by atoms with Crippen molar-refractivity contribution < 1.29 is 4.74 Å². The van der Waals surface area contributed by atoms with E-state index < -0.39 is 0 Å². The molecule has 4 heteroatoms. The number of hydrogen-bond acceptors (Lipinski definition) is 4. The van der Waals surface area contributed by atoms with E-state index in [0.717, 1.165) is 43.2 Å². The number of hydrogen-bond donors (Lipinski definition) is 2. The molecule has 0 aromatic heterocycles. The lowest BCUT2D eigenvalue weighted by Crippen LogP contribution is -2.08. The molecule has 0 radical (unpaired) electrons. The van der Waals surface area contributed by atoms with Gasteiger partial charge in [0, 0.05) is 18.5 Å². The predicted molar refractivity (Wildman–Crippen MR) is 95.3 cm³/mol. The first kappa shape index (κ1) is 19.7. The van der Waals surface area contributed by atoms with Crippen LogP contribution >= 0.6 is 11.8 Å². The van der Waals surface area contributed by atoms with Crippen molar-refractivity contribution in [2.45, 2.75) is 19.8 Å². The summed E-state index contributed by atoms with van der Waals surface area (Å²) >= 11 is 1.69. The van der Waals surface area contributed by atoms with Gasteiger partial charge in [0.15, 0.2) is 0 Å². The summed E-state index contributed by atoms with van der Waals surface area (Å²) in [6.45, 7) is 7.59. The second-order valence-electron chi connectivity index (χ2n) is 4.32. The number of unbranched alkanes of at least 4 members (excludes halogenated alkanes) is 1. The van der Waals surface area contributed by atoms with E-state index in [1.165, 1.54) is 0 Å². The number of allylic oxidation sites excluding steroid dienone is 3. The fourth-order valence-electron chi connectivity index (χ4n) is 1.31. The molecule has 0 saturated carbocycles. The standard InChI is InChI=1S/C17H28N2OS/c1-5-6-7-10-17(20-13-9-8-12-18-3)11-14-21-15-16(2)19-4/h5,7,10-11,14,18-19H,2,8-9,12-13,15H2,1,3-4H3/b14-11+,17-10+. The highest BCUT2D eigenvalue weighted by Gasteiger charge is 1.94. The van der Waals surface area contributed by atoms with Crippen LogP contribution in [0.1, 0.15) is 19.8 Å². The molecule has 0 fully saturated rings. The number of ether oxygens (including phenoxy) is 1.